The third kappa shape index (κ3) is 2.75. The first kappa shape index (κ1) is 14.4. The van der Waals surface area contributed by atoms with Crippen molar-refractivity contribution in [2.45, 2.75) is 39.7 Å². The first-order valence-electron chi connectivity index (χ1n) is 6.16. The molecule has 0 aromatic heterocycles. The molecular weight excluding hydrogens is 226 g/mol. The maximum Gasteiger partial charge on any atom is 0.170 e. The first-order valence-corrected chi connectivity index (χ1v) is 6.16. The van der Waals surface area contributed by atoms with Crippen LogP contribution >= 0.6 is 0 Å². The van der Waals surface area contributed by atoms with Crippen LogP contribution in [0.3, 0.4) is 0 Å². The molecule has 0 aliphatic rings. The van der Waals surface area contributed by atoms with E-state index < -0.39 is 0 Å². The third-order valence-electron chi connectivity index (χ3n) is 3.75. The highest BCUT2D eigenvalue weighted by molar-refractivity contribution is 5.98. The van der Waals surface area contributed by atoms with E-state index in [0.717, 1.165) is 23.2 Å². The Balaban J connectivity index is 3.12. The van der Waals surface area contributed by atoms with Crippen molar-refractivity contribution in [3.63, 3.8) is 0 Å². The van der Waals surface area contributed by atoms with Crippen molar-refractivity contribution in [3.8, 4) is 0 Å². The lowest BCUT2D eigenvalue weighted by molar-refractivity contribution is 0.318. The van der Waals surface area contributed by atoms with E-state index >= 15 is 0 Å². The van der Waals surface area contributed by atoms with Gasteiger partial charge in [0.2, 0.25) is 0 Å². The number of nitrogens with two attached hydrogens (primary N) is 1. The zero-order valence-electron chi connectivity index (χ0n) is 11.9. The van der Waals surface area contributed by atoms with Gasteiger partial charge in [-0.3, -0.25) is 0 Å². The summed E-state index contributed by atoms with van der Waals surface area (Å²) in [4.78, 5) is 2.25. The fourth-order valence-electron chi connectivity index (χ4n) is 1.78. The van der Waals surface area contributed by atoms with Gasteiger partial charge in [0.25, 0.3) is 0 Å². The first-order chi connectivity index (χ1) is 8.33. The molecule has 0 radical (unpaired) electrons. The quantitative estimate of drug-likeness (QED) is 0.373. The molecule has 3 N–H and O–H groups in total. The van der Waals surface area contributed by atoms with E-state index in [4.69, 9.17) is 10.9 Å². The van der Waals surface area contributed by atoms with Crippen molar-refractivity contribution >= 4 is 11.5 Å². The van der Waals surface area contributed by atoms with Crippen molar-refractivity contribution in [1.29, 1.82) is 0 Å². The van der Waals surface area contributed by atoms with E-state index in [1.807, 2.05) is 19.1 Å². The molecule has 0 amide bonds. The van der Waals surface area contributed by atoms with Crippen LogP contribution in [0.1, 0.15) is 38.3 Å². The lowest BCUT2D eigenvalue weighted by atomic mass is 9.98. The van der Waals surface area contributed by atoms with Gasteiger partial charge in [0, 0.05) is 23.8 Å². The predicted octanol–water partition coefficient (Wildman–Crippen LogP) is 2.71. The maximum absolute atomic E-state index is 8.71. The van der Waals surface area contributed by atoms with Gasteiger partial charge in [0.05, 0.1) is 0 Å². The minimum absolute atomic E-state index is 0.102. The van der Waals surface area contributed by atoms with E-state index in [1.165, 1.54) is 0 Å². The van der Waals surface area contributed by atoms with E-state index in [2.05, 4.69) is 43.9 Å². The van der Waals surface area contributed by atoms with Crippen molar-refractivity contribution < 1.29 is 5.21 Å². The normalized spacial score (nSPS) is 12.6. The maximum atomic E-state index is 8.71. The van der Waals surface area contributed by atoms with Crippen LogP contribution < -0.4 is 10.6 Å². The summed E-state index contributed by atoms with van der Waals surface area (Å²) < 4.78 is 0. The summed E-state index contributed by atoms with van der Waals surface area (Å²) in [7, 11) is 2.08. The largest absolute Gasteiger partial charge is 0.409 e. The molecule has 0 heterocycles. The second kappa shape index (κ2) is 5.29. The van der Waals surface area contributed by atoms with Gasteiger partial charge < -0.3 is 15.8 Å². The average molecular weight is 249 g/mol. The Morgan fingerprint density at radius 1 is 1.44 bits per heavy atom. The number of aryl methyl sites for hydroxylation is 1. The molecule has 0 fully saturated rings. The Bertz CT molecular complexity index is 452. The van der Waals surface area contributed by atoms with Crippen molar-refractivity contribution in [1.82, 2.24) is 0 Å². The lowest BCUT2D eigenvalue weighted by Crippen LogP contribution is -2.40. The fraction of sp³-hybridized carbons (Fsp3) is 0.500. The van der Waals surface area contributed by atoms with Gasteiger partial charge in [0.15, 0.2) is 5.84 Å². The standard InChI is InChI=1S/C14H23N3O/c1-6-14(3,4)17(5)11-7-8-12(10(2)9-11)13(15)16-18/h7-9,18H,6H2,1-5H3,(H2,15,16). The molecule has 0 unspecified atom stereocenters. The molecule has 0 aliphatic heterocycles. The highest BCUT2D eigenvalue weighted by atomic mass is 16.4. The summed E-state index contributed by atoms with van der Waals surface area (Å²) in [5.74, 6) is 0.149. The number of rotatable bonds is 4. The van der Waals surface area contributed by atoms with Gasteiger partial charge >= 0.3 is 0 Å². The summed E-state index contributed by atoms with van der Waals surface area (Å²) in [6.45, 7) is 8.55. The van der Waals surface area contributed by atoms with Crippen LogP contribution in [-0.2, 0) is 0 Å². The highest BCUT2D eigenvalue weighted by Crippen LogP contribution is 2.26. The van der Waals surface area contributed by atoms with Crippen LogP contribution in [0.15, 0.2) is 23.4 Å². The van der Waals surface area contributed by atoms with Crippen LogP contribution in [-0.4, -0.2) is 23.6 Å². The van der Waals surface area contributed by atoms with E-state index in [0.29, 0.717) is 0 Å². The molecule has 0 aliphatic carbocycles. The predicted molar refractivity (Wildman–Crippen MR) is 76.5 cm³/mol. The number of oxime groups is 1. The summed E-state index contributed by atoms with van der Waals surface area (Å²) in [5, 5.41) is 11.8. The highest BCUT2D eigenvalue weighted by Gasteiger charge is 2.21. The number of benzene rings is 1. The topological polar surface area (TPSA) is 61.8 Å². The van der Waals surface area contributed by atoms with Crippen molar-refractivity contribution in [2.24, 2.45) is 10.9 Å². The molecule has 1 aromatic carbocycles. The Kier molecular flexibility index (Phi) is 4.22. The van der Waals surface area contributed by atoms with Gasteiger partial charge in [0.1, 0.15) is 0 Å². The third-order valence-corrected chi connectivity index (χ3v) is 3.75. The average Bonchev–Trinajstić information content (AvgIpc) is 2.36. The zero-order chi connectivity index (χ0) is 13.9. The molecule has 1 rings (SSSR count). The van der Waals surface area contributed by atoms with Crippen LogP contribution in [0.4, 0.5) is 5.69 Å². The molecule has 0 saturated carbocycles. The summed E-state index contributed by atoms with van der Waals surface area (Å²) in [6, 6.07) is 5.95. The van der Waals surface area contributed by atoms with Gasteiger partial charge in [-0.25, -0.2) is 0 Å². The van der Waals surface area contributed by atoms with Crippen LogP contribution in [0.2, 0.25) is 0 Å². The van der Waals surface area contributed by atoms with E-state index in [9.17, 15) is 0 Å². The molecule has 1 aromatic rings. The molecule has 100 valence electrons. The molecule has 4 heteroatoms. The molecular formula is C14H23N3O. The minimum Gasteiger partial charge on any atom is -0.409 e. The molecule has 0 atom stereocenters. The SMILES string of the molecule is CCC(C)(C)N(C)c1ccc(/C(N)=N/O)c(C)c1. The Labute approximate surface area is 109 Å². The van der Waals surface area contributed by atoms with Gasteiger partial charge in [-0.05, 0) is 51.0 Å². The number of anilines is 1. The number of hydrogen-bond acceptors (Lipinski definition) is 3. The summed E-state index contributed by atoms with van der Waals surface area (Å²) >= 11 is 0. The van der Waals surface area contributed by atoms with Gasteiger partial charge in [-0.15, -0.1) is 0 Å². The Morgan fingerprint density at radius 3 is 2.50 bits per heavy atom. The Morgan fingerprint density at radius 2 is 2.06 bits per heavy atom. The van der Waals surface area contributed by atoms with E-state index in [-0.39, 0.29) is 11.4 Å². The van der Waals surface area contributed by atoms with Crippen molar-refractivity contribution in [2.75, 3.05) is 11.9 Å². The van der Waals surface area contributed by atoms with Crippen LogP contribution in [0.25, 0.3) is 0 Å². The summed E-state index contributed by atoms with van der Waals surface area (Å²) in [5.41, 5.74) is 8.62. The molecule has 4 nitrogen and oxygen atoms in total. The molecule has 0 saturated heterocycles. The molecule has 0 bridgehead atoms. The molecule has 0 spiro atoms. The van der Waals surface area contributed by atoms with Gasteiger partial charge in [-0.2, -0.15) is 0 Å². The monoisotopic (exact) mass is 249 g/mol. The van der Waals surface area contributed by atoms with E-state index in [1.54, 1.807) is 0 Å². The minimum atomic E-state index is 0.102. The van der Waals surface area contributed by atoms with Crippen LogP contribution in [0, 0.1) is 6.92 Å². The molecule has 18 heavy (non-hydrogen) atoms. The fourth-order valence-corrected chi connectivity index (χ4v) is 1.78. The zero-order valence-corrected chi connectivity index (χ0v) is 11.9. The van der Waals surface area contributed by atoms with Crippen LogP contribution in [0.5, 0.6) is 0 Å². The van der Waals surface area contributed by atoms with Gasteiger partial charge in [-0.1, -0.05) is 12.1 Å². The second-order valence-electron chi connectivity index (χ2n) is 5.21. The smallest absolute Gasteiger partial charge is 0.170 e. The number of amidine groups is 1. The Hall–Kier alpha value is -1.71. The second-order valence-corrected chi connectivity index (χ2v) is 5.21. The number of nitrogens with zero attached hydrogens (tertiary/aromatic N) is 2. The lowest BCUT2D eigenvalue weighted by Gasteiger charge is -2.37. The number of hydrogen-bond donors (Lipinski definition) is 2. The van der Waals surface area contributed by atoms with Crippen molar-refractivity contribution in [3.05, 3.63) is 29.3 Å². The summed E-state index contributed by atoms with van der Waals surface area (Å²) in [6.07, 6.45) is 1.06.